The molecule has 0 spiro atoms. The highest BCUT2D eigenvalue weighted by atomic mass is 35.5. The highest BCUT2D eigenvalue weighted by molar-refractivity contribution is 6.33. The summed E-state index contributed by atoms with van der Waals surface area (Å²) < 4.78 is 5.05. The number of benzene rings is 1. The summed E-state index contributed by atoms with van der Waals surface area (Å²) in [6.07, 6.45) is 3.81. The normalized spacial score (nSPS) is 16.2. The lowest BCUT2D eigenvalue weighted by Crippen LogP contribution is -2.49. The van der Waals surface area contributed by atoms with Crippen molar-refractivity contribution in [3.05, 3.63) is 34.9 Å². The first-order chi connectivity index (χ1) is 13.8. The number of carbonyl (C=O) groups excluding carboxylic acids is 4. The van der Waals surface area contributed by atoms with Crippen LogP contribution in [-0.2, 0) is 14.3 Å². The van der Waals surface area contributed by atoms with Crippen LogP contribution in [-0.4, -0.2) is 42.0 Å². The molecular weight excluding hydrogens is 398 g/mol. The Kier molecular flexibility index (Phi) is 8.45. The van der Waals surface area contributed by atoms with Gasteiger partial charge in [-0.3, -0.25) is 14.9 Å². The Labute approximate surface area is 174 Å². The van der Waals surface area contributed by atoms with Gasteiger partial charge in [0.1, 0.15) is 6.04 Å². The van der Waals surface area contributed by atoms with E-state index in [4.69, 9.17) is 16.3 Å². The molecule has 0 heterocycles. The Morgan fingerprint density at radius 1 is 1.07 bits per heavy atom. The van der Waals surface area contributed by atoms with Gasteiger partial charge in [-0.25, -0.2) is 9.59 Å². The molecule has 9 heteroatoms. The van der Waals surface area contributed by atoms with Gasteiger partial charge in [-0.15, -0.1) is 0 Å². The number of rotatable bonds is 6. The number of ether oxygens (including phenoxy) is 1. The minimum absolute atomic E-state index is 0.0504. The molecular formula is C20H26ClN3O5. The van der Waals surface area contributed by atoms with E-state index in [0.717, 1.165) is 32.1 Å². The second-order valence-corrected chi connectivity index (χ2v) is 7.46. The number of carbonyl (C=O) groups is 4. The number of hydrogen-bond acceptors (Lipinski definition) is 5. The summed E-state index contributed by atoms with van der Waals surface area (Å²) in [4.78, 5) is 48.4. The third-order valence-corrected chi connectivity index (χ3v) is 4.99. The molecule has 2 unspecified atom stereocenters. The Morgan fingerprint density at radius 2 is 1.72 bits per heavy atom. The summed E-state index contributed by atoms with van der Waals surface area (Å²) in [7, 11) is 0. The van der Waals surface area contributed by atoms with Crippen molar-refractivity contribution in [2.75, 3.05) is 0 Å². The minimum atomic E-state index is -1.20. The summed E-state index contributed by atoms with van der Waals surface area (Å²) in [5, 5.41) is 7.64. The van der Waals surface area contributed by atoms with Gasteiger partial charge in [-0.1, -0.05) is 43.0 Å². The second-order valence-electron chi connectivity index (χ2n) is 7.05. The fraction of sp³-hybridized carbons (Fsp3) is 0.500. The van der Waals surface area contributed by atoms with Gasteiger partial charge in [0.25, 0.3) is 11.8 Å². The molecule has 0 saturated heterocycles. The van der Waals surface area contributed by atoms with Crippen molar-refractivity contribution < 1.29 is 23.9 Å². The lowest BCUT2D eigenvalue weighted by Gasteiger charge is -2.23. The molecule has 29 heavy (non-hydrogen) atoms. The molecule has 0 bridgehead atoms. The van der Waals surface area contributed by atoms with Crippen LogP contribution >= 0.6 is 11.6 Å². The van der Waals surface area contributed by atoms with Gasteiger partial charge in [-0.05, 0) is 38.8 Å². The molecule has 1 aromatic carbocycles. The van der Waals surface area contributed by atoms with E-state index in [1.165, 1.54) is 19.9 Å². The molecule has 2 rings (SSSR count). The number of halogens is 1. The van der Waals surface area contributed by atoms with Gasteiger partial charge in [0.05, 0.1) is 10.6 Å². The molecule has 1 saturated carbocycles. The smallest absolute Gasteiger partial charge is 0.329 e. The number of hydrogen-bond donors (Lipinski definition) is 3. The van der Waals surface area contributed by atoms with Crippen LogP contribution in [0.5, 0.6) is 0 Å². The number of esters is 1. The van der Waals surface area contributed by atoms with Crippen molar-refractivity contribution in [1.29, 1.82) is 0 Å². The molecule has 0 aliphatic heterocycles. The number of imide groups is 1. The van der Waals surface area contributed by atoms with Gasteiger partial charge < -0.3 is 15.4 Å². The van der Waals surface area contributed by atoms with Crippen LogP contribution < -0.4 is 16.0 Å². The Balaban J connectivity index is 1.79. The van der Waals surface area contributed by atoms with Gasteiger partial charge in [0.2, 0.25) is 0 Å². The zero-order chi connectivity index (χ0) is 21.4. The number of amides is 4. The van der Waals surface area contributed by atoms with E-state index in [2.05, 4.69) is 16.0 Å². The van der Waals surface area contributed by atoms with E-state index >= 15 is 0 Å². The number of nitrogens with one attached hydrogen (secondary N) is 3. The fourth-order valence-corrected chi connectivity index (χ4v) is 3.21. The largest absolute Gasteiger partial charge is 0.451 e. The minimum Gasteiger partial charge on any atom is -0.451 e. The van der Waals surface area contributed by atoms with Gasteiger partial charge >= 0.3 is 12.0 Å². The Hall–Kier alpha value is -2.61. The van der Waals surface area contributed by atoms with Crippen molar-refractivity contribution in [2.45, 2.75) is 64.1 Å². The van der Waals surface area contributed by atoms with Crippen LogP contribution in [0.15, 0.2) is 24.3 Å². The average molecular weight is 424 g/mol. The highest BCUT2D eigenvalue weighted by Gasteiger charge is 2.25. The SMILES string of the molecule is CC(NC(=O)c1ccccc1Cl)C(=O)OC(C)C(=O)NC(=O)NC1CCCCC1. The van der Waals surface area contributed by atoms with Crippen molar-refractivity contribution in [3.63, 3.8) is 0 Å². The van der Waals surface area contributed by atoms with Crippen LogP contribution in [0.3, 0.4) is 0 Å². The molecule has 1 aromatic rings. The predicted molar refractivity (Wildman–Crippen MR) is 107 cm³/mol. The second kappa shape index (κ2) is 10.8. The van der Waals surface area contributed by atoms with E-state index < -0.39 is 36.0 Å². The first kappa shape index (κ1) is 22.7. The molecule has 1 aliphatic carbocycles. The standard InChI is InChI=1S/C20H26ClN3O5/c1-12(22-18(26)15-10-6-7-11-16(15)21)19(27)29-13(2)17(25)24-20(28)23-14-8-4-3-5-9-14/h6-7,10-14H,3-5,8-9H2,1-2H3,(H,22,26)(H2,23,24,25,28). The molecule has 8 nitrogen and oxygen atoms in total. The predicted octanol–water partition coefficient (Wildman–Crippen LogP) is 2.55. The van der Waals surface area contributed by atoms with Crippen molar-refractivity contribution in [3.8, 4) is 0 Å². The molecule has 3 N–H and O–H groups in total. The van der Waals surface area contributed by atoms with Crippen molar-refractivity contribution >= 4 is 35.4 Å². The maximum Gasteiger partial charge on any atom is 0.329 e. The van der Waals surface area contributed by atoms with Crippen LogP contribution in [0.1, 0.15) is 56.3 Å². The lowest BCUT2D eigenvalue weighted by molar-refractivity contribution is -0.155. The number of urea groups is 1. The Morgan fingerprint density at radius 3 is 2.38 bits per heavy atom. The summed E-state index contributed by atoms with van der Waals surface area (Å²) in [6.45, 7) is 2.78. The molecule has 4 amide bonds. The molecule has 0 aromatic heterocycles. The van der Waals surface area contributed by atoms with Gasteiger partial charge in [0.15, 0.2) is 6.10 Å². The molecule has 0 radical (unpaired) electrons. The van der Waals surface area contributed by atoms with Gasteiger partial charge in [-0.2, -0.15) is 0 Å². The third kappa shape index (κ3) is 7.05. The van der Waals surface area contributed by atoms with Crippen LogP contribution in [0.2, 0.25) is 5.02 Å². The third-order valence-electron chi connectivity index (χ3n) is 4.66. The van der Waals surface area contributed by atoms with E-state index in [0.29, 0.717) is 0 Å². The van der Waals surface area contributed by atoms with E-state index in [1.807, 2.05) is 0 Å². The molecule has 1 aliphatic rings. The first-order valence-corrected chi connectivity index (χ1v) is 10.0. The van der Waals surface area contributed by atoms with Gasteiger partial charge in [0, 0.05) is 6.04 Å². The summed E-state index contributed by atoms with van der Waals surface area (Å²) >= 11 is 5.96. The summed E-state index contributed by atoms with van der Waals surface area (Å²) in [6, 6.07) is 4.85. The van der Waals surface area contributed by atoms with E-state index in [9.17, 15) is 19.2 Å². The van der Waals surface area contributed by atoms with Crippen LogP contribution in [0, 0.1) is 0 Å². The van der Waals surface area contributed by atoms with Crippen LogP contribution in [0.25, 0.3) is 0 Å². The zero-order valence-electron chi connectivity index (χ0n) is 16.5. The quantitative estimate of drug-likeness (QED) is 0.608. The molecule has 158 valence electrons. The van der Waals surface area contributed by atoms with Crippen molar-refractivity contribution in [2.24, 2.45) is 0 Å². The summed E-state index contributed by atoms with van der Waals surface area (Å²) in [5.41, 5.74) is 0.221. The topological polar surface area (TPSA) is 114 Å². The maximum atomic E-state index is 12.2. The van der Waals surface area contributed by atoms with Crippen LogP contribution in [0.4, 0.5) is 4.79 Å². The fourth-order valence-electron chi connectivity index (χ4n) is 2.99. The molecule has 2 atom stereocenters. The molecule has 1 fully saturated rings. The lowest BCUT2D eigenvalue weighted by atomic mass is 9.96. The Bertz CT molecular complexity index is 764. The zero-order valence-corrected chi connectivity index (χ0v) is 17.3. The highest BCUT2D eigenvalue weighted by Crippen LogP contribution is 2.17. The average Bonchev–Trinajstić information content (AvgIpc) is 2.68. The van der Waals surface area contributed by atoms with Crippen molar-refractivity contribution in [1.82, 2.24) is 16.0 Å². The summed E-state index contributed by atoms with van der Waals surface area (Å²) in [5.74, 6) is -2.08. The van der Waals surface area contributed by atoms with E-state index in [1.54, 1.807) is 18.2 Å². The first-order valence-electron chi connectivity index (χ1n) is 9.65. The monoisotopic (exact) mass is 423 g/mol. The maximum absolute atomic E-state index is 12.2. The van der Waals surface area contributed by atoms with E-state index in [-0.39, 0.29) is 16.6 Å².